The number of pyridine rings is 1. The van der Waals surface area contributed by atoms with Crippen molar-refractivity contribution in [3.05, 3.63) is 23.0 Å². The first-order valence-corrected chi connectivity index (χ1v) is 3.77. The van der Waals surface area contributed by atoms with Gasteiger partial charge in [0.1, 0.15) is 11.8 Å². The molecule has 14 heavy (non-hydrogen) atoms. The fraction of sp³-hybridized carbons (Fsp3) is 0.250. The predicted octanol–water partition coefficient (Wildman–Crippen LogP) is 0.932. The Hall–Kier alpha value is -1.74. The molecule has 0 bridgehead atoms. The summed E-state index contributed by atoms with van der Waals surface area (Å²) in [5.74, 6) is 0. The van der Waals surface area contributed by atoms with Crippen molar-refractivity contribution < 1.29 is 8.78 Å². The third-order valence-electron chi connectivity index (χ3n) is 1.76. The zero-order valence-electron chi connectivity index (χ0n) is 7.17. The summed E-state index contributed by atoms with van der Waals surface area (Å²) in [6.45, 7) is -0.180. The lowest BCUT2D eigenvalue weighted by molar-refractivity contribution is 0.145. The second kappa shape index (κ2) is 3.98. The van der Waals surface area contributed by atoms with Gasteiger partial charge in [-0.25, -0.2) is 8.78 Å². The maximum atomic E-state index is 12.4. The highest BCUT2D eigenvalue weighted by atomic mass is 19.3. The number of nitriles is 1. The van der Waals surface area contributed by atoms with Crippen LogP contribution in [0.4, 0.5) is 14.5 Å². The summed E-state index contributed by atoms with van der Waals surface area (Å²) in [6, 6.07) is 1.73. The predicted molar refractivity (Wildman–Crippen MR) is 46.2 cm³/mol. The molecule has 0 saturated carbocycles. The van der Waals surface area contributed by atoms with Crippen LogP contribution >= 0.6 is 0 Å². The zero-order valence-corrected chi connectivity index (χ0v) is 7.17. The highest BCUT2D eigenvalue weighted by molar-refractivity contribution is 5.57. The third-order valence-corrected chi connectivity index (χ3v) is 1.76. The minimum absolute atomic E-state index is 0.0159. The molecule has 0 aliphatic heterocycles. The standard InChI is InChI=1S/C8H8F2N4/c9-8(10)7-5(2-12)4(1-11)6(13)3-14-7/h3,8H,2,12-13H2. The fourth-order valence-electron chi connectivity index (χ4n) is 1.11. The van der Waals surface area contributed by atoms with E-state index in [4.69, 9.17) is 16.7 Å². The molecule has 1 heterocycles. The van der Waals surface area contributed by atoms with Gasteiger partial charge in [-0.1, -0.05) is 0 Å². The number of anilines is 1. The van der Waals surface area contributed by atoms with Crippen LogP contribution in [0.25, 0.3) is 0 Å². The number of nitrogen functional groups attached to an aromatic ring is 1. The topological polar surface area (TPSA) is 88.7 Å². The summed E-state index contributed by atoms with van der Waals surface area (Å²) < 4.78 is 24.8. The van der Waals surface area contributed by atoms with E-state index >= 15 is 0 Å². The Labute approximate surface area is 79.1 Å². The summed E-state index contributed by atoms with van der Waals surface area (Å²) in [5.41, 5.74) is 10.2. The molecule has 0 radical (unpaired) electrons. The fourth-order valence-corrected chi connectivity index (χ4v) is 1.11. The lowest BCUT2D eigenvalue weighted by atomic mass is 10.1. The Balaban J connectivity index is 3.42. The summed E-state index contributed by atoms with van der Waals surface area (Å²) in [6.07, 6.45) is -1.71. The smallest absolute Gasteiger partial charge is 0.280 e. The second-order valence-corrected chi connectivity index (χ2v) is 2.57. The zero-order chi connectivity index (χ0) is 10.7. The number of aromatic nitrogens is 1. The van der Waals surface area contributed by atoms with Gasteiger partial charge >= 0.3 is 0 Å². The first-order chi connectivity index (χ1) is 6.61. The molecular formula is C8H8F2N4. The van der Waals surface area contributed by atoms with Crippen LogP contribution in [0.15, 0.2) is 6.20 Å². The molecule has 6 heteroatoms. The Bertz CT molecular complexity index is 384. The molecule has 0 aliphatic carbocycles. The molecule has 0 atom stereocenters. The van der Waals surface area contributed by atoms with E-state index in [2.05, 4.69) is 4.98 Å². The Morgan fingerprint density at radius 3 is 2.64 bits per heavy atom. The number of halogens is 2. The molecule has 1 aromatic rings. The molecular weight excluding hydrogens is 190 g/mol. The minimum atomic E-state index is -2.75. The van der Waals surface area contributed by atoms with Crippen molar-refractivity contribution in [1.29, 1.82) is 5.26 Å². The molecule has 0 aromatic carbocycles. The normalized spacial score (nSPS) is 10.2. The van der Waals surface area contributed by atoms with Crippen molar-refractivity contribution in [2.75, 3.05) is 5.73 Å². The molecule has 0 saturated heterocycles. The average molecular weight is 198 g/mol. The van der Waals surface area contributed by atoms with Crippen LogP contribution in [0.3, 0.4) is 0 Å². The maximum Gasteiger partial charge on any atom is 0.280 e. The van der Waals surface area contributed by atoms with Crippen molar-refractivity contribution in [2.45, 2.75) is 13.0 Å². The molecule has 4 N–H and O–H groups in total. The molecule has 0 spiro atoms. The van der Waals surface area contributed by atoms with Gasteiger partial charge in [0, 0.05) is 12.1 Å². The quantitative estimate of drug-likeness (QED) is 0.739. The molecule has 74 valence electrons. The Kier molecular flexibility index (Phi) is 2.94. The average Bonchev–Trinajstić information content (AvgIpc) is 2.16. The first-order valence-electron chi connectivity index (χ1n) is 3.77. The largest absolute Gasteiger partial charge is 0.396 e. The molecule has 0 unspecified atom stereocenters. The van der Waals surface area contributed by atoms with Crippen LogP contribution in [-0.2, 0) is 6.54 Å². The van der Waals surface area contributed by atoms with Crippen LogP contribution in [0.1, 0.15) is 23.2 Å². The van der Waals surface area contributed by atoms with E-state index in [-0.39, 0.29) is 23.4 Å². The lowest BCUT2D eigenvalue weighted by Crippen LogP contribution is -2.09. The molecule has 0 amide bonds. The van der Waals surface area contributed by atoms with E-state index in [9.17, 15) is 8.78 Å². The Morgan fingerprint density at radius 1 is 1.57 bits per heavy atom. The number of hydrogen-bond acceptors (Lipinski definition) is 4. The first kappa shape index (κ1) is 10.3. The second-order valence-electron chi connectivity index (χ2n) is 2.57. The molecule has 1 aromatic heterocycles. The van der Waals surface area contributed by atoms with E-state index in [1.165, 1.54) is 0 Å². The van der Waals surface area contributed by atoms with Gasteiger partial charge in [-0.05, 0) is 0 Å². The van der Waals surface area contributed by atoms with E-state index in [0.717, 1.165) is 6.20 Å². The minimum Gasteiger partial charge on any atom is -0.396 e. The van der Waals surface area contributed by atoms with Gasteiger partial charge in [-0.2, -0.15) is 5.26 Å². The van der Waals surface area contributed by atoms with E-state index in [0.29, 0.717) is 0 Å². The summed E-state index contributed by atoms with van der Waals surface area (Å²) in [5, 5.41) is 8.68. The molecule has 4 nitrogen and oxygen atoms in total. The third kappa shape index (κ3) is 1.63. The van der Waals surface area contributed by atoms with Gasteiger partial charge in [0.05, 0.1) is 17.4 Å². The molecule has 0 aliphatic rings. The van der Waals surface area contributed by atoms with E-state index in [1.54, 1.807) is 6.07 Å². The van der Waals surface area contributed by atoms with Gasteiger partial charge in [-0.3, -0.25) is 4.98 Å². The monoisotopic (exact) mass is 198 g/mol. The number of nitrogens with zero attached hydrogens (tertiary/aromatic N) is 2. The van der Waals surface area contributed by atoms with Gasteiger partial charge in [0.25, 0.3) is 6.43 Å². The van der Waals surface area contributed by atoms with Gasteiger partial charge < -0.3 is 11.5 Å². The maximum absolute atomic E-state index is 12.4. The number of hydrogen-bond donors (Lipinski definition) is 2. The van der Waals surface area contributed by atoms with E-state index in [1.807, 2.05) is 0 Å². The van der Waals surface area contributed by atoms with Crippen LogP contribution in [0.5, 0.6) is 0 Å². The summed E-state index contributed by atoms with van der Waals surface area (Å²) >= 11 is 0. The number of alkyl halides is 2. The summed E-state index contributed by atoms with van der Waals surface area (Å²) in [4.78, 5) is 3.45. The lowest BCUT2D eigenvalue weighted by Gasteiger charge is -2.08. The highest BCUT2D eigenvalue weighted by Gasteiger charge is 2.18. The van der Waals surface area contributed by atoms with Crippen LogP contribution in [-0.4, -0.2) is 4.98 Å². The molecule has 1 rings (SSSR count). The van der Waals surface area contributed by atoms with Gasteiger partial charge in [0.15, 0.2) is 0 Å². The van der Waals surface area contributed by atoms with Crippen molar-refractivity contribution in [2.24, 2.45) is 5.73 Å². The number of nitrogens with two attached hydrogens (primary N) is 2. The Morgan fingerprint density at radius 2 is 2.21 bits per heavy atom. The highest BCUT2D eigenvalue weighted by Crippen LogP contribution is 2.25. The molecule has 0 fully saturated rings. The van der Waals surface area contributed by atoms with Crippen LogP contribution in [0.2, 0.25) is 0 Å². The van der Waals surface area contributed by atoms with E-state index < -0.39 is 12.1 Å². The number of rotatable bonds is 2. The van der Waals surface area contributed by atoms with Crippen molar-refractivity contribution >= 4 is 5.69 Å². The van der Waals surface area contributed by atoms with Crippen molar-refractivity contribution in [1.82, 2.24) is 4.98 Å². The SMILES string of the molecule is N#Cc1c(N)cnc(C(F)F)c1CN. The summed E-state index contributed by atoms with van der Waals surface area (Å²) in [7, 11) is 0. The van der Waals surface area contributed by atoms with Crippen molar-refractivity contribution in [3.8, 4) is 6.07 Å². The van der Waals surface area contributed by atoms with Gasteiger partial charge in [-0.15, -0.1) is 0 Å². The van der Waals surface area contributed by atoms with Crippen molar-refractivity contribution in [3.63, 3.8) is 0 Å². The van der Waals surface area contributed by atoms with Gasteiger partial charge in [0.2, 0.25) is 0 Å². The van der Waals surface area contributed by atoms with Crippen LogP contribution in [0, 0.1) is 11.3 Å². The van der Waals surface area contributed by atoms with Crippen LogP contribution < -0.4 is 11.5 Å².